The van der Waals surface area contributed by atoms with Crippen molar-refractivity contribution in [2.24, 2.45) is 0 Å². The van der Waals surface area contributed by atoms with Crippen molar-refractivity contribution in [1.82, 2.24) is 20.6 Å². The summed E-state index contributed by atoms with van der Waals surface area (Å²) in [6.07, 6.45) is 2.94. The Labute approximate surface area is 243 Å². The van der Waals surface area contributed by atoms with E-state index in [-0.39, 0.29) is 6.54 Å². The van der Waals surface area contributed by atoms with Gasteiger partial charge in [-0.25, -0.2) is 9.78 Å². The molecule has 0 fully saturated rings. The van der Waals surface area contributed by atoms with E-state index in [0.29, 0.717) is 16.3 Å². The first-order valence-electron chi connectivity index (χ1n) is 13.1. The second-order valence-corrected chi connectivity index (χ2v) is 11.8. The molecule has 0 aliphatic rings. The lowest BCUT2D eigenvalue weighted by molar-refractivity contribution is -0.115. The van der Waals surface area contributed by atoms with Gasteiger partial charge in [0.15, 0.2) is 5.13 Å². The third-order valence-electron chi connectivity index (χ3n) is 5.99. The molecule has 0 bridgehead atoms. The van der Waals surface area contributed by atoms with Gasteiger partial charge in [0, 0.05) is 28.9 Å². The Balaban J connectivity index is 1.33. The molecule has 3 N–H and O–H groups in total. The average Bonchev–Trinajstić information content (AvgIpc) is 3.39. The minimum atomic E-state index is -0.795. The molecule has 4 rings (SSSR count). The molecule has 0 aliphatic heterocycles. The zero-order valence-corrected chi connectivity index (χ0v) is 24.5. The summed E-state index contributed by atoms with van der Waals surface area (Å²) in [5.41, 5.74) is 3.40. The molecule has 0 spiro atoms. The average molecular weight is 572 g/mol. The zero-order valence-electron chi connectivity index (χ0n) is 23.6. The second kappa shape index (κ2) is 12.3. The summed E-state index contributed by atoms with van der Waals surface area (Å²) < 4.78 is 5.36. The number of thiazole rings is 1. The number of anilines is 1. The van der Waals surface area contributed by atoms with Gasteiger partial charge >= 0.3 is 6.09 Å². The Kier molecular flexibility index (Phi) is 8.83. The van der Waals surface area contributed by atoms with E-state index >= 15 is 0 Å². The van der Waals surface area contributed by atoms with E-state index in [2.05, 4.69) is 25.9 Å². The van der Waals surface area contributed by atoms with E-state index in [0.717, 1.165) is 22.4 Å². The number of amides is 3. The highest BCUT2D eigenvalue weighted by Crippen LogP contribution is 2.29. The number of carbonyl (C=O) groups excluding carboxylic acids is 3. The van der Waals surface area contributed by atoms with Gasteiger partial charge < -0.3 is 20.7 Å². The molecule has 0 radical (unpaired) electrons. The van der Waals surface area contributed by atoms with Gasteiger partial charge in [0.2, 0.25) is 5.91 Å². The fourth-order valence-electron chi connectivity index (χ4n) is 3.97. The molecular formula is C31H33N5O4S. The molecular weight excluding hydrogens is 538 g/mol. The van der Waals surface area contributed by atoms with Crippen LogP contribution in [0.15, 0.2) is 78.4 Å². The smallest absolute Gasteiger partial charge is 0.408 e. The Morgan fingerprint density at radius 2 is 1.59 bits per heavy atom. The molecule has 0 unspecified atom stereocenters. The molecule has 0 aliphatic carbocycles. The van der Waals surface area contributed by atoms with Crippen molar-refractivity contribution in [1.29, 1.82) is 0 Å². The summed E-state index contributed by atoms with van der Waals surface area (Å²) in [4.78, 5) is 46.3. The Morgan fingerprint density at radius 1 is 0.878 bits per heavy atom. The molecule has 9 nitrogen and oxygen atoms in total. The SMILES string of the molecule is CC(C)(C)OC(=O)NC(C)(C)c1cccc(C(=O)NCC(=O)Nc2nc(-c3cccc(-c4ccncc4)c3)cs2)c1. The van der Waals surface area contributed by atoms with Crippen LogP contribution in [-0.4, -0.2) is 40.0 Å². The number of hydrogen-bond donors (Lipinski definition) is 3. The summed E-state index contributed by atoms with van der Waals surface area (Å²) in [5.74, 6) is -0.810. The molecule has 10 heteroatoms. The van der Waals surface area contributed by atoms with Gasteiger partial charge in [0.25, 0.3) is 5.91 Å². The lowest BCUT2D eigenvalue weighted by Gasteiger charge is -2.29. The lowest BCUT2D eigenvalue weighted by Crippen LogP contribution is -2.44. The van der Waals surface area contributed by atoms with Gasteiger partial charge in [-0.2, -0.15) is 0 Å². The molecule has 2 aromatic carbocycles. The van der Waals surface area contributed by atoms with E-state index < -0.39 is 29.0 Å². The van der Waals surface area contributed by atoms with Crippen molar-refractivity contribution in [3.05, 3.63) is 89.6 Å². The van der Waals surface area contributed by atoms with Crippen LogP contribution in [0.25, 0.3) is 22.4 Å². The first kappa shape index (κ1) is 29.4. The van der Waals surface area contributed by atoms with E-state index in [1.54, 1.807) is 51.4 Å². The predicted molar refractivity (Wildman–Crippen MR) is 161 cm³/mol. The third kappa shape index (κ3) is 8.21. The molecule has 0 saturated carbocycles. The number of nitrogens with zero attached hydrogens (tertiary/aromatic N) is 2. The molecule has 3 amide bonds. The van der Waals surface area contributed by atoms with Gasteiger partial charge in [-0.3, -0.25) is 14.6 Å². The van der Waals surface area contributed by atoms with Crippen LogP contribution in [0.5, 0.6) is 0 Å². The largest absolute Gasteiger partial charge is 0.444 e. The van der Waals surface area contributed by atoms with Crippen molar-refractivity contribution >= 4 is 34.4 Å². The predicted octanol–water partition coefficient (Wildman–Crippen LogP) is 6.00. The lowest BCUT2D eigenvalue weighted by atomic mass is 9.93. The van der Waals surface area contributed by atoms with Gasteiger partial charge in [-0.05, 0) is 81.6 Å². The number of rotatable bonds is 8. The van der Waals surface area contributed by atoms with Gasteiger partial charge in [0.05, 0.1) is 17.8 Å². The van der Waals surface area contributed by atoms with Crippen molar-refractivity contribution in [3.8, 4) is 22.4 Å². The number of carbonyl (C=O) groups is 3. The highest BCUT2D eigenvalue weighted by Gasteiger charge is 2.27. The first-order chi connectivity index (χ1) is 19.4. The van der Waals surface area contributed by atoms with Crippen LogP contribution in [0.1, 0.15) is 50.5 Å². The minimum Gasteiger partial charge on any atom is -0.444 e. The maximum absolute atomic E-state index is 12.8. The summed E-state index contributed by atoms with van der Waals surface area (Å²) in [6, 6.07) is 18.7. The zero-order chi connectivity index (χ0) is 29.6. The highest BCUT2D eigenvalue weighted by molar-refractivity contribution is 7.14. The minimum absolute atomic E-state index is 0.227. The van der Waals surface area contributed by atoms with E-state index in [9.17, 15) is 14.4 Å². The number of nitrogens with one attached hydrogen (secondary N) is 3. The fraction of sp³-hybridized carbons (Fsp3) is 0.258. The molecule has 2 aromatic heterocycles. The first-order valence-corrected chi connectivity index (χ1v) is 13.9. The molecule has 0 saturated heterocycles. The van der Waals surface area contributed by atoms with Crippen molar-refractivity contribution in [2.75, 3.05) is 11.9 Å². The topological polar surface area (TPSA) is 122 Å². The van der Waals surface area contributed by atoms with Crippen LogP contribution in [0, 0.1) is 0 Å². The van der Waals surface area contributed by atoms with Gasteiger partial charge in [-0.1, -0.05) is 30.3 Å². The Bertz CT molecular complexity index is 1540. The monoisotopic (exact) mass is 571 g/mol. The normalized spacial score (nSPS) is 11.4. The number of hydrogen-bond acceptors (Lipinski definition) is 7. The van der Waals surface area contributed by atoms with E-state index in [4.69, 9.17) is 4.74 Å². The second-order valence-electron chi connectivity index (χ2n) is 10.9. The maximum atomic E-state index is 12.8. The van der Waals surface area contributed by atoms with Crippen molar-refractivity contribution in [2.45, 2.75) is 45.8 Å². The van der Waals surface area contributed by atoms with Crippen LogP contribution in [-0.2, 0) is 15.1 Å². The maximum Gasteiger partial charge on any atom is 0.408 e. The summed E-state index contributed by atoms with van der Waals surface area (Å²) in [5, 5.41) is 10.5. The molecule has 212 valence electrons. The third-order valence-corrected chi connectivity index (χ3v) is 6.75. The summed E-state index contributed by atoms with van der Waals surface area (Å²) in [7, 11) is 0. The number of benzene rings is 2. The number of aromatic nitrogens is 2. The van der Waals surface area contributed by atoms with Gasteiger partial charge in [0.1, 0.15) is 5.60 Å². The van der Waals surface area contributed by atoms with Crippen LogP contribution >= 0.6 is 11.3 Å². The van der Waals surface area contributed by atoms with Crippen LogP contribution in [0.3, 0.4) is 0 Å². The fourth-order valence-corrected chi connectivity index (χ4v) is 4.71. The number of pyridine rings is 1. The van der Waals surface area contributed by atoms with E-state index in [1.807, 2.05) is 61.7 Å². The summed E-state index contributed by atoms with van der Waals surface area (Å²) >= 11 is 1.31. The van der Waals surface area contributed by atoms with Crippen molar-refractivity contribution in [3.63, 3.8) is 0 Å². The highest BCUT2D eigenvalue weighted by atomic mass is 32.1. The quantitative estimate of drug-likeness (QED) is 0.238. The standard InChI is InChI=1S/C31H33N5O4S/c1-30(2,3)40-29(39)36-31(4,5)24-11-7-10-23(17-24)27(38)33-18-26(37)35-28-34-25(19-41-28)22-9-6-8-21(16-22)20-12-14-32-15-13-20/h6-17,19H,18H2,1-5H3,(H,33,38)(H,36,39)(H,34,35,37). The number of ether oxygens (including phenoxy) is 1. The van der Waals surface area contributed by atoms with E-state index in [1.165, 1.54) is 11.3 Å². The van der Waals surface area contributed by atoms with Gasteiger partial charge in [-0.15, -0.1) is 11.3 Å². The van der Waals surface area contributed by atoms with Crippen LogP contribution in [0.4, 0.5) is 9.93 Å². The molecule has 2 heterocycles. The molecule has 4 aromatic rings. The molecule has 0 atom stereocenters. The van der Waals surface area contributed by atoms with Crippen LogP contribution < -0.4 is 16.0 Å². The Morgan fingerprint density at radius 3 is 2.32 bits per heavy atom. The Hall–Kier alpha value is -4.57. The van der Waals surface area contributed by atoms with Crippen molar-refractivity contribution < 1.29 is 19.1 Å². The number of alkyl carbamates (subject to hydrolysis) is 1. The van der Waals surface area contributed by atoms with Crippen LogP contribution in [0.2, 0.25) is 0 Å². The molecule has 41 heavy (non-hydrogen) atoms. The summed E-state index contributed by atoms with van der Waals surface area (Å²) in [6.45, 7) is 8.78.